The monoisotopic (exact) mass is 996 g/mol. The molecule has 17 nitrogen and oxygen atoms in total. The first kappa shape index (κ1) is 51.8. The van der Waals surface area contributed by atoms with E-state index in [1.165, 1.54) is 42.2 Å². The Balaban J connectivity index is 1.06. The molecule has 4 aromatic rings. The third-order valence-electron chi connectivity index (χ3n) is 11.3. The van der Waals surface area contributed by atoms with Crippen LogP contribution in [0.5, 0.6) is 5.88 Å². The molecule has 3 N–H and O–H groups in total. The maximum Gasteiger partial charge on any atom is 0.420 e. The predicted octanol–water partition coefficient (Wildman–Crippen LogP) is 5.45. The minimum atomic E-state index is -5.28. The van der Waals surface area contributed by atoms with E-state index in [0.717, 1.165) is 52.0 Å². The number of benzene rings is 2. The number of thiazole rings is 1. The summed E-state index contributed by atoms with van der Waals surface area (Å²) in [4.78, 5) is 79.9. The lowest BCUT2D eigenvalue weighted by molar-refractivity contribution is -0.144. The SMILES string of the molecule is COC(=O)c1cc(N2C(=S)N(c3ccc(C#N)c(C(F)(F)F)c3F)C(=O)C2(C)C)cnc1OCCOCC(=O)N[C@H](C(=O)N1C[C@H](O)C[C@H]1C(=O)NCc1ccc(-c2scnc2C)cc1)C(C)(C)C. The quantitative estimate of drug-likeness (QED) is 0.0585. The summed E-state index contributed by atoms with van der Waals surface area (Å²) in [5, 5.41) is 24.9. The van der Waals surface area contributed by atoms with E-state index in [9.17, 15) is 47.5 Å². The van der Waals surface area contributed by atoms with Crippen molar-refractivity contribution >= 4 is 69.6 Å². The van der Waals surface area contributed by atoms with Gasteiger partial charge in [0, 0.05) is 19.5 Å². The number of amides is 4. The van der Waals surface area contributed by atoms with E-state index >= 15 is 4.39 Å². The Hall–Kier alpha value is -6.61. The zero-order chi connectivity index (χ0) is 50.7. The first-order valence-electron chi connectivity index (χ1n) is 21.2. The molecule has 3 atom stereocenters. The van der Waals surface area contributed by atoms with Gasteiger partial charge in [0.2, 0.25) is 23.6 Å². The number of esters is 1. The Morgan fingerprint density at radius 1 is 1.09 bits per heavy atom. The fourth-order valence-electron chi connectivity index (χ4n) is 7.83. The fourth-order valence-corrected chi connectivity index (χ4v) is 9.16. The molecule has 0 radical (unpaired) electrons. The smallest absolute Gasteiger partial charge is 0.420 e. The molecule has 4 heterocycles. The molecule has 2 fully saturated rings. The van der Waals surface area contributed by atoms with Crippen LogP contribution in [-0.4, -0.2) is 112 Å². The van der Waals surface area contributed by atoms with E-state index in [-0.39, 0.29) is 49.9 Å². The van der Waals surface area contributed by atoms with E-state index in [1.54, 1.807) is 26.3 Å². The van der Waals surface area contributed by atoms with Gasteiger partial charge in [-0.2, -0.15) is 18.4 Å². The maximum absolute atomic E-state index is 15.5. The van der Waals surface area contributed by atoms with Crippen molar-refractivity contribution in [3.63, 3.8) is 0 Å². The van der Waals surface area contributed by atoms with Crippen molar-refractivity contribution in [2.45, 2.75) is 84.4 Å². The first-order chi connectivity index (χ1) is 32.4. The molecule has 0 saturated carbocycles. The van der Waals surface area contributed by atoms with Crippen LogP contribution >= 0.6 is 23.6 Å². The average Bonchev–Trinajstić information content (AvgIpc) is 3.95. The molecule has 2 aliphatic rings. The number of aliphatic hydroxyl groups is 1. The molecule has 0 unspecified atom stereocenters. The molecule has 0 bridgehead atoms. The van der Waals surface area contributed by atoms with E-state index in [0.29, 0.717) is 4.90 Å². The molecule has 0 aliphatic carbocycles. The van der Waals surface area contributed by atoms with Crippen LogP contribution in [0, 0.1) is 29.5 Å². The molecule has 2 aromatic heterocycles. The van der Waals surface area contributed by atoms with Crippen LogP contribution < -0.4 is 25.2 Å². The highest BCUT2D eigenvalue weighted by Gasteiger charge is 2.52. The molecule has 6 rings (SSSR count). The number of β-amino-alcohol motifs (C(OH)–C–C–N with tert-alkyl or cyclic N) is 1. The Bertz CT molecular complexity index is 2700. The van der Waals surface area contributed by atoms with Gasteiger partial charge in [0.05, 0.1) is 65.1 Å². The van der Waals surface area contributed by atoms with Crippen molar-refractivity contribution in [1.29, 1.82) is 5.26 Å². The number of thiocarbonyl (C=S) groups is 1. The topological polar surface area (TPSA) is 217 Å². The van der Waals surface area contributed by atoms with Gasteiger partial charge in [-0.15, -0.1) is 11.3 Å². The molecule has 2 saturated heterocycles. The highest BCUT2D eigenvalue weighted by molar-refractivity contribution is 7.81. The number of aliphatic hydroxyl groups excluding tert-OH is 1. The number of hydrogen-bond donors (Lipinski definition) is 3. The predicted molar refractivity (Wildman–Crippen MR) is 246 cm³/mol. The Kier molecular flexibility index (Phi) is 15.4. The number of halogens is 4. The lowest BCUT2D eigenvalue weighted by Crippen LogP contribution is -2.58. The molecule has 0 spiro atoms. The highest BCUT2D eigenvalue weighted by Crippen LogP contribution is 2.42. The summed E-state index contributed by atoms with van der Waals surface area (Å²) in [6.07, 6.45) is -5.10. The summed E-state index contributed by atoms with van der Waals surface area (Å²) < 4.78 is 73.2. The second-order valence-electron chi connectivity index (χ2n) is 17.6. The molecule has 2 aromatic carbocycles. The summed E-state index contributed by atoms with van der Waals surface area (Å²) in [5.74, 6) is -5.75. The van der Waals surface area contributed by atoms with E-state index in [1.807, 2.05) is 31.2 Å². The van der Waals surface area contributed by atoms with Crippen LogP contribution in [-0.2, 0) is 41.4 Å². The first-order valence-corrected chi connectivity index (χ1v) is 22.5. The van der Waals surface area contributed by atoms with Crippen LogP contribution in [0.1, 0.15) is 73.8 Å². The fraction of sp³-hybridized carbons (Fsp3) is 0.413. The second-order valence-corrected chi connectivity index (χ2v) is 18.9. The van der Waals surface area contributed by atoms with Crippen LogP contribution in [0.25, 0.3) is 10.4 Å². The number of aryl methyl sites for hydroxylation is 1. The number of rotatable bonds is 15. The number of nitrogens with zero attached hydrogens (tertiary/aromatic N) is 6. The maximum atomic E-state index is 15.5. The van der Waals surface area contributed by atoms with E-state index in [2.05, 4.69) is 20.6 Å². The summed E-state index contributed by atoms with van der Waals surface area (Å²) in [5.41, 5.74) is -2.00. The zero-order valence-electron chi connectivity index (χ0n) is 38.4. The number of anilines is 2. The number of pyridine rings is 1. The summed E-state index contributed by atoms with van der Waals surface area (Å²) in [6, 6.07) is 9.59. The van der Waals surface area contributed by atoms with Gasteiger partial charge in [0.15, 0.2) is 10.9 Å². The van der Waals surface area contributed by atoms with Crippen LogP contribution in [0.4, 0.5) is 28.9 Å². The lowest BCUT2D eigenvalue weighted by Gasteiger charge is -2.35. The number of hydrogen-bond acceptors (Lipinski definition) is 14. The van der Waals surface area contributed by atoms with E-state index < -0.39 is 99.3 Å². The number of nitrogens with one attached hydrogen (secondary N) is 2. The molecular formula is C46H48F4N8O9S2. The van der Waals surface area contributed by atoms with Crippen molar-refractivity contribution in [3.8, 4) is 22.4 Å². The lowest BCUT2D eigenvalue weighted by atomic mass is 9.85. The molecule has 23 heteroatoms. The van der Waals surface area contributed by atoms with Gasteiger partial charge in [0.1, 0.15) is 42.0 Å². The number of aromatic nitrogens is 2. The van der Waals surface area contributed by atoms with Gasteiger partial charge in [0.25, 0.3) is 5.91 Å². The Labute approximate surface area is 403 Å². The number of nitriles is 1. The van der Waals surface area contributed by atoms with Gasteiger partial charge in [-0.25, -0.2) is 19.2 Å². The zero-order valence-corrected chi connectivity index (χ0v) is 40.0. The van der Waals surface area contributed by atoms with Gasteiger partial charge in [-0.1, -0.05) is 45.0 Å². The highest BCUT2D eigenvalue weighted by atomic mass is 32.1. The van der Waals surface area contributed by atoms with Crippen molar-refractivity contribution in [1.82, 2.24) is 25.5 Å². The van der Waals surface area contributed by atoms with Crippen LogP contribution in [0.3, 0.4) is 0 Å². The Morgan fingerprint density at radius 3 is 2.39 bits per heavy atom. The number of carbonyl (C=O) groups excluding carboxylic acids is 5. The largest absolute Gasteiger partial charge is 0.475 e. The van der Waals surface area contributed by atoms with Gasteiger partial charge < -0.3 is 39.8 Å². The summed E-state index contributed by atoms with van der Waals surface area (Å²) >= 11 is 7.02. The van der Waals surface area contributed by atoms with Crippen molar-refractivity contribution < 1.29 is 60.9 Å². The number of methoxy groups -OCH3 is 1. The minimum absolute atomic E-state index is 0.00245. The minimum Gasteiger partial charge on any atom is -0.475 e. The second kappa shape index (κ2) is 20.5. The number of ether oxygens (including phenoxy) is 3. The third-order valence-corrected chi connectivity index (χ3v) is 12.7. The number of alkyl halides is 3. The van der Waals surface area contributed by atoms with Crippen LogP contribution in [0.2, 0.25) is 0 Å². The third kappa shape index (κ3) is 11.0. The summed E-state index contributed by atoms with van der Waals surface area (Å²) in [6.45, 7) is 8.86. The molecule has 69 heavy (non-hydrogen) atoms. The normalized spacial score (nSPS) is 17.4. The van der Waals surface area contributed by atoms with Crippen molar-refractivity contribution in [3.05, 3.63) is 87.9 Å². The number of likely N-dealkylation sites (tertiary alicyclic amines) is 1. The van der Waals surface area contributed by atoms with Crippen molar-refractivity contribution in [2.75, 3.05) is 43.3 Å². The average molecular weight is 997 g/mol. The standard InChI is InChI=1S/C46H48F4N8O9S2/c1-24-36(69-23-54-24)26-10-8-25(9-11-26)19-52-38(61)32-17-29(59)21-56(32)40(62)37(44(2,3)4)55-33(60)22-66-14-15-67-39-30(41(63)65-7)16-28(20-53-39)58-43(68)57(42(64)45(58,5)6)31-13-12-27(18-51)34(35(31)47)46(48,49)50/h8-13,16,20,23,29,32,37,59H,14-15,17,19,21-22H2,1-7H3,(H,52,61)(H,55,60)/t29-,32+,37-/m1/s1. The molecule has 366 valence electrons. The molecule has 4 amide bonds. The number of carbonyl (C=O) groups is 5. The molecular weight excluding hydrogens is 949 g/mol. The van der Waals surface area contributed by atoms with Gasteiger partial charge >= 0.3 is 12.1 Å². The molecule has 2 aliphatic heterocycles. The van der Waals surface area contributed by atoms with E-state index in [4.69, 9.17) is 26.4 Å². The van der Waals surface area contributed by atoms with Crippen molar-refractivity contribution in [2.24, 2.45) is 5.41 Å². The Morgan fingerprint density at radius 2 is 1.78 bits per heavy atom. The summed E-state index contributed by atoms with van der Waals surface area (Å²) in [7, 11) is 1.07. The van der Waals surface area contributed by atoms with Crippen LogP contribution in [0.15, 0.2) is 54.2 Å². The van der Waals surface area contributed by atoms with Gasteiger partial charge in [-0.3, -0.25) is 24.1 Å². The van der Waals surface area contributed by atoms with Gasteiger partial charge in [-0.05, 0) is 67.7 Å².